The summed E-state index contributed by atoms with van der Waals surface area (Å²) in [6.07, 6.45) is -11.9. The predicted molar refractivity (Wildman–Crippen MR) is 105 cm³/mol. The zero-order valence-corrected chi connectivity index (χ0v) is 19.2. The van der Waals surface area contributed by atoms with Crippen molar-refractivity contribution >= 4 is 46.5 Å². The predicted octanol–water partition coefficient (Wildman–Crippen LogP) is 4.75. The second-order valence-electron chi connectivity index (χ2n) is 7.00. The molecule has 0 fully saturated rings. The Labute approximate surface area is 204 Å². The Bertz CT molecular complexity index is 1200. The van der Waals surface area contributed by atoms with Gasteiger partial charge in [-0.25, -0.2) is 9.59 Å². The molecule has 1 N–H and O–H groups in total. The van der Waals surface area contributed by atoms with Gasteiger partial charge in [-0.2, -0.15) is 26.3 Å². The van der Waals surface area contributed by atoms with Crippen molar-refractivity contribution in [2.24, 2.45) is 0 Å². The minimum Gasteiger partial charge on any atom is -0.507 e. The Hall–Kier alpha value is -2.50. The minimum absolute atomic E-state index is 0. The monoisotopic (exact) mass is 483 g/mol. The number of benzene rings is 2. The van der Waals surface area contributed by atoms with Crippen LogP contribution in [0.3, 0.4) is 0 Å². The van der Waals surface area contributed by atoms with Crippen molar-refractivity contribution < 1.29 is 45.4 Å². The van der Waals surface area contributed by atoms with Gasteiger partial charge in [-0.15, -0.1) is 0 Å². The number of halogens is 6. The van der Waals surface area contributed by atoms with Gasteiger partial charge in [-0.05, 0) is 36.8 Å². The van der Waals surface area contributed by atoms with Crippen LogP contribution in [0, 0.1) is 0 Å². The van der Waals surface area contributed by atoms with Crippen LogP contribution in [0.15, 0.2) is 57.7 Å². The van der Waals surface area contributed by atoms with E-state index in [0.717, 1.165) is 12.1 Å². The van der Waals surface area contributed by atoms with E-state index in [2.05, 4.69) is 4.74 Å². The molecule has 0 amide bonds. The van der Waals surface area contributed by atoms with Gasteiger partial charge in [0, 0.05) is 36.0 Å². The number of hydrogen-bond acceptors (Lipinski definition) is 5. The summed E-state index contributed by atoms with van der Waals surface area (Å²) in [5, 5.41) is 10.6. The van der Waals surface area contributed by atoms with Crippen LogP contribution >= 0.6 is 0 Å². The number of hydrogen-bond donors (Lipinski definition) is 1. The van der Waals surface area contributed by atoms with Crippen molar-refractivity contribution in [3.05, 3.63) is 75.6 Å². The van der Waals surface area contributed by atoms with Gasteiger partial charge in [-0.1, -0.05) is 24.3 Å². The summed E-state index contributed by atoms with van der Waals surface area (Å²) in [4.78, 5) is 24.1. The van der Waals surface area contributed by atoms with Crippen LogP contribution in [0.25, 0.3) is 11.0 Å². The molecule has 12 heteroatoms. The van der Waals surface area contributed by atoms with Crippen molar-refractivity contribution in [3.8, 4) is 5.75 Å². The third-order valence-corrected chi connectivity index (χ3v) is 4.83. The van der Waals surface area contributed by atoms with Gasteiger partial charge in [0.25, 0.3) is 5.60 Å². The van der Waals surface area contributed by atoms with Gasteiger partial charge in [-0.3, -0.25) is 0 Å². The van der Waals surface area contributed by atoms with E-state index in [1.807, 2.05) is 0 Å². The molecule has 0 aliphatic heterocycles. The standard InChI is InChI=1S/C21H14F6O5.Na/c1-19(20(22,23)24,21(25,26)27)32-17(29)12-8-6-11(7-9-12)10-14-16(28)13-4-2-3-5-15(13)31-18(14)30;/h2-9,28H,10H2,1H3;. The zero-order chi connectivity index (χ0) is 23.9. The smallest absolute Gasteiger partial charge is 0.437 e. The fourth-order valence-corrected chi connectivity index (χ4v) is 2.81. The number of fused-ring (bicyclic) bond motifs is 1. The molecule has 0 atom stereocenters. The van der Waals surface area contributed by atoms with E-state index >= 15 is 0 Å². The Morgan fingerprint density at radius 2 is 1.52 bits per heavy atom. The molecule has 1 aromatic heterocycles. The van der Waals surface area contributed by atoms with Crippen molar-refractivity contribution in [3.63, 3.8) is 0 Å². The number of esters is 1. The van der Waals surface area contributed by atoms with E-state index in [1.54, 1.807) is 12.1 Å². The third kappa shape index (κ3) is 5.20. The topological polar surface area (TPSA) is 76.7 Å². The maximum atomic E-state index is 12.9. The molecule has 3 aromatic rings. The zero-order valence-electron chi connectivity index (χ0n) is 17.2. The molecule has 0 saturated carbocycles. The second kappa shape index (κ2) is 9.40. The summed E-state index contributed by atoms with van der Waals surface area (Å²) in [6, 6.07) is 10.5. The molecule has 33 heavy (non-hydrogen) atoms. The van der Waals surface area contributed by atoms with Crippen molar-refractivity contribution in [2.45, 2.75) is 31.3 Å². The van der Waals surface area contributed by atoms with E-state index in [-0.39, 0.29) is 65.2 Å². The molecule has 0 unspecified atom stereocenters. The third-order valence-electron chi connectivity index (χ3n) is 4.83. The maximum Gasteiger partial charge on any atom is 0.437 e. The molecule has 1 radical (unpaired) electrons. The molecule has 0 aliphatic rings. The molecule has 5 nitrogen and oxygen atoms in total. The van der Waals surface area contributed by atoms with Crippen LogP contribution in [-0.2, 0) is 11.2 Å². The molecule has 0 saturated heterocycles. The number of alkyl halides is 6. The number of para-hydroxylation sites is 1. The number of aromatic hydroxyl groups is 1. The van der Waals surface area contributed by atoms with Gasteiger partial charge < -0.3 is 14.3 Å². The Balaban J connectivity index is 0.00000385. The van der Waals surface area contributed by atoms with Gasteiger partial charge in [0.1, 0.15) is 11.3 Å². The summed E-state index contributed by atoms with van der Waals surface area (Å²) in [7, 11) is 0. The molecule has 0 bridgehead atoms. The molecule has 1 heterocycles. The number of carbonyl (C=O) groups is 1. The van der Waals surface area contributed by atoms with E-state index < -0.39 is 35.1 Å². The van der Waals surface area contributed by atoms with E-state index in [0.29, 0.717) is 5.56 Å². The van der Waals surface area contributed by atoms with Crippen molar-refractivity contribution in [1.29, 1.82) is 0 Å². The summed E-state index contributed by atoms with van der Waals surface area (Å²) in [5.74, 6) is -2.16. The first-order valence-corrected chi connectivity index (χ1v) is 8.94. The normalized spacial score (nSPS) is 12.3. The fourth-order valence-electron chi connectivity index (χ4n) is 2.81. The van der Waals surface area contributed by atoms with Crippen molar-refractivity contribution in [2.75, 3.05) is 0 Å². The van der Waals surface area contributed by atoms with E-state index in [1.165, 1.54) is 24.3 Å². The average Bonchev–Trinajstić information content (AvgIpc) is 2.70. The quantitative estimate of drug-likeness (QED) is 0.251. The minimum atomic E-state index is -5.89. The second-order valence-corrected chi connectivity index (χ2v) is 7.00. The molecular weight excluding hydrogens is 469 g/mol. The van der Waals surface area contributed by atoms with Crippen molar-refractivity contribution in [1.82, 2.24) is 0 Å². The Morgan fingerprint density at radius 1 is 0.970 bits per heavy atom. The molecule has 0 spiro atoms. The van der Waals surface area contributed by atoms with Gasteiger partial charge in [0.05, 0.1) is 16.5 Å². The molecule has 0 aliphatic carbocycles. The van der Waals surface area contributed by atoms with Gasteiger partial charge >= 0.3 is 23.9 Å². The summed E-state index contributed by atoms with van der Waals surface area (Å²) < 4.78 is 86.4. The van der Waals surface area contributed by atoms with Crippen LogP contribution in [-0.4, -0.2) is 58.6 Å². The van der Waals surface area contributed by atoms with Crippen LogP contribution in [0.2, 0.25) is 0 Å². The first-order chi connectivity index (χ1) is 14.7. The summed E-state index contributed by atoms with van der Waals surface area (Å²) in [6.45, 7) is -0.277. The largest absolute Gasteiger partial charge is 0.507 e. The first-order valence-electron chi connectivity index (χ1n) is 8.94. The van der Waals surface area contributed by atoms with E-state index in [4.69, 9.17) is 4.42 Å². The van der Waals surface area contributed by atoms with Gasteiger partial charge in [0.2, 0.25) is 0 Å². The summed E-state index contributed by atoms with van der Waals surface area (Å²) >= 11 is 0. The number of carbonyl (C=O) groups excluding carboxylic acids is 1. The first kappa shape index (κ1) is 26.7. The molecule has 171 valence electrons. The van der Waals surface area contributed by atoms with Gasteiger partial charge in [0.15, 0.2) is 0 Å². The molecule has 2 aromatic carbocycles. The Kier molecular flexibility index (Phi) is 7.62. The average molecular weight is 483 g/mol. The summed E-state index contributed by atoms with van der Waals surface area (Å²) in [5.41, 5.74) is -5.70. The molecular formula is C21H14F6NaO5. The van der Waals surface area contributed by atoms with Crippen LogP contribution in [0.4, 0.5) is 26.3 Å². The van der Waals surface area contributed by atoms with Crippen LogP contribution in [0.5, 0.6) is 5.75 Å². The van der Waals surface area contributed by atoms with Crippen LogP contribution in [0.1, 0.15) is 28.4 Å². The number of ether oxygens (including phenoxy) is 1. The Morgan fingerprint density at radius 3 is 2.06 bits per heavy atom. The maximum absolute atomic E-state index is 12.9. The van der Waals surface area contributed by atoms with E-state index in [9.17, 15) is 41.0 Å². The molecule has 3 rings (SSSR count). The number of rotatable bonds is 4. The van der Waals surface area contributed by atoms with Crippen LogP contribution < -0.4 is 5.63 Å². The SMILES string of the molecule is CC(OC(=O)c1ccc(Cc2c(O)c3ccccc3oc2=O)cc1)(C(F)(F)F)C(F)(F)F.[Na]. The fraction of sp³-hybridized carbons (Fsp3) is 0.238.